The molecule has 0 aliphatic heterocycles. The molecular weight excluding hydrogens is 328 g/mol. The second-order valence-corrected chi connectivity index (χ2v) is 6.48. The first kappa shape index (κ1) is 19.8. The average Bonchev–Trinajstić information content (AvgIpc) is 2.65. The van der Waals surface area contributed by atoms with E-state index in [1.165, 1.54) is 0 Å². The number of unbranched alkanes of at least 4 members (excludes halogenated alkanes) is 2. The van der Waals surface area contributed by atoms with Gasteiger partial charge in [0.25, 0.3) is 0 Å². The van der Waals surface area contributed by atoms with Crippen molar-refractivity contribution in [1.82, 2.24) is 0 Å². The number of methoxy groups -OCH3 is 1. The van der Waals surface area contributed by atoms with Crippen LogP contribution in [0.25, 0.3) is 0 Å². The molecule has 0 heterocycles. The Bertz CT molecular complexity index is 765. The number of aldehydes is 1. The number of hydrogen-bond acceptors (Lipinski definition) is 4. The summed E-state index contributed by atoms with van der Waals surface area (Å²) in [5.74, 6) is 2.33. The summed E-state index contributed by atoms with van der Waals surface area (Å²) in [6, 6.07) is 7.47. The van der Waals surface area contributed by atoms with E-state index in [1.807, 2.05) is 26.8 Å². The summed E-state index contributed by atoms with van der Waals surface area (Å²) in [5, 5.41) is 0. The van der Waals surface area contributed by atoms with E-state index in [4.69, 9.17) is 14.2 Å². The number of ether oxygens (including phenoxy) is 3. The fourth-order valence-electron chi connectivity index (χ4n) is 2.75. The van der Waals surface area contributed by atoms with Gasteiger partial charge in [-0.05, 0) is 56.0 Å². The van der Waals surface area contributed by atoms with E-state index in [-0.39, 0.29) is 0 Å². The van der Waals surface area contributed by atoms with Crippen molar-refractivity contribution in [2.24, 2.45) is 0 Å². The molecule has 0 fully saturated rings. The monoisotopic (exact) mass is 356 g/mol. The zero-order valence-corrected chi connectivity index (χ0v) is 16.3. The number of hydrogen-bond donors (Lipinski definition) is 0. The molecule has 0 saturated carbocycles. The Balaban J connectivity index is 2.44. The zero-order valence-electron chi connectivity index (χ0n) is 16.3. The molecule has 0 N–H and O–H groups in total. The molecular formula is C22H28O4. The second kappa shape index (κ2) is 9.27. The van der Waals surface area contributed by atoms with Gasteiger partial charge in [0.2, 0.25) is 5.75 Å². The van der Waals surface area contributed by atoms with Crippen molar-refractivity contribution >= 4 is 6.29 Å². The fraction of sp³-hybridized carbons (Fsp3) is 0.409. The molecule has 26 heavy (non-hydrogen) atoms. The van der Waals surface area contributed by atoms with Crippen LogP contribution in [-0.4, -0.2) is 20.0 Å². The van der Waals surface area contributed by atoms with E-state index in [0.29, 0.717) is 29.4 Å². The van der Waals surface area contributed by atoms with Crippen LogP contribution in [0.1, 0.15) is 53.2 Å². The SMILES string of the molecule is CCCCCOc1c(OC)cc(C=O)cc1Oc1c(C)ccc(C)c1C. The summed E-state index contributed by atoms with van der Waals surface area (Å²) in [4.78, 5) is 11.3. The number of benzene rings is 2. The first-order valence-electron chi connectivity index (χ1n) is 9.06. The van der Waals surface area contributed by atoms with Crippen LogP contribution in [0.15, 0.2) is 24.3 Å². The van der Waals surface area contributed by atoms with Gasteiger partial charge in [-0.15, -0.1) is 0 Å². The van der Waals surface area contributed by atoms with Gasteiger partial charge in [-0.2, -0.15) is 0 Å². The van der Waals surface area contributed by atoms with Gasteiger partial charge >= 0.3 is 0 Å². The topological polar surface area (TPSA) is 44.8 Å². The molecule has 0 saturated heterocycles. The van der Waals surface area contributed by atoms with Crippen molar-refractivity contribution in [2.45, 2.75) is 47.0 Å². The van der Waals surface area contributed by atoms with Crippen molar-refractivity contribution < 1.29 is 19.0 Å². The lowest BCUT2D eigenvalue weighted by molar-refractivity contribution is 0.112. The van der Waals surface area contributed by atoms with E-state index in [9.17, 15) is 4.79 Å². The number of carbonyl (C=O) groups is 1. The first-order valence-corrected chi connectivity index (χ1v) is 9.06. The maximum atomic E-state index is 11.3. The van der Waals surface area contributed by atoms with E-state index in [2.05, 4.69) is 13.0 Å². The molecule has 0 aliphatic rings. The maximum absolute atomic E-state index is 11.3. The summed E-state index contributed by atoms with van der Waals surface area (Å²) in [5.41, 5.74) is 3.73. The summed E-state index contributed by atoms with van der Waals surface area (Å²) in [6.07, 6.45) is 3.96. The molecule has 2 rings (SSSR count). The summed E-state index contributed by atoms with van der Waals surface area (Å²) in [6.45, 7) is 8.81. The third-order valence-corrected chi connectivity index (χ3v) is 4.48. The molecule has 2 aromatic rings. The van der Waals surface area contributed by atoms with Crippen LogP contribution in [0.2, 0.25) is 0 Å². The normalized spacial score (nSPS) is 10.5. The lowest BCUT2D eigenvalue weighted by atomic mass is 10.1. The minimum atomic E-state index is 0.487. The predicted molar refractivity (Wildman–Crippen MR) is 104 cm³/mol. The van der Waals surface area contributed by atoms with Crippen LogP contribution >= 0.6 is 0 Å². The maximum Gasteiger partial charge on any atom is 0.204 e. The first-order chi connectivity index (χ1) is 12.5. The number of rotatable bonds is 9. The molecule has 4 nitrogen and oxygen atoms in total. The van der Waals surface area contributed by atoms with Crippen LogP contribution in [-0.2, 0) is 0 Å². The summed E-state index contributed by atoms with van der Waals surface area (Å²) >= 11 is 0. The number of aryl methyl sites for hydroxylation is 2. The highest BCUT2D eigenvalue weighted by molar-refractivity contribution is 5.78. The van der Waals surface area contributed by atoms with Gasteiger partial charge in [0.15, 0.2) is 11.5 Å². The second-order valence-electron chi connectivity index (χ2n) is 6.48. The van der Waals surface area contributed by atoms with Crippen LogP contribution in [0, 0.1) is 20.8 Å². The molecule has 140 valence electrons. The Labute approximate surface area is 156 Å². The Morgan fingerprint density at radius 1 is 0.962 bits per heavy atom. The van der Waals surface area contributed by atoms with E-state index in [1.54, 1.807) is 19.2 Å². The minimum Gasteiger partial charge on any atom is -0.493 e. The quantitative estimate of drug-likeness (QED) is 0.421. The van der Waals surface area contributed by atoms with Gasteiger partial charge in [-0.3, -0.25) is 4.79 Å². The molecule has 0 atom stereocenters. The van der Waals surface area contributed by atoms with Crippen molar-refractivity contribution in [1.29, 1.82) is 0 Å². The van der Waals surface area contributed by atoms with Gasteiger partial charge in [0.05, 0.1) is 13.7 Å². The molecule has 0 amide bonds. The molecule has 0 aliphatic carbocycles. The third-order valence-electron chi connectivity index (χ3n) is 4.48. The van der Waals surface area contributed by atoms with Crippen LogP contribution in [0.3, 0.4) is 0 Å². The van der Waals surface area contributed by atoms with Crippen molar-refractivity contribution in [3.8, 4) is 23.0 Å². The molecule has 0 bridgehead atoms. The van der Waals surface area contributed by atoms with Gasteiger partial charge < -0.3 is 14.2 Å². The lowest BCUT2D eigenvalue weighted by Crippen LogP contribution is -2.03. The smallest absolute Gasteiger partial charge is 0.204 e. The average molecular weight is 356 g/mol. The minimum absolute atomic E-state index is 0.487. The van der Waals surface area contributed by atoms with Gasteiger partial charge in [0.1, 0.15) is 12.0 Å². The Morgan fingerprint density at radius 2 is 1.65 bits per heavy atom. The molecule has 2 aromatic carbocycles. The predicted octanol–water partition coefficient (Wildman–Crippen LogP) is 5.79. The highest BCUT2D eigenvalue weighted by Crippen LogP contribution is 2.42. The zero-order chi connectivity index (χ0) is 19.1. The number of carbonyl (C=O) groups excluding carboxylic acids is 1. The highest BCUT2D eigenvalue weighted by atomic mass is 16.5. The van der Waals surface area contributed by atoms with Gasteiger partial charge in [-0.25, -0.2) is 0 Å². The van der Waals surface area contributed by atoms with Crippen LogP contribution in [0.5, 0.6) is 23.0 Å². The summed E-state index contributed by atoms with van der Waals surface area (Å²) in [7, 11) is 1.57. The Hall–Kier alpha value is -2.49. The van der Waals surface area contributed by atoms with Gasteiger partial charge in [-0.1, -0.05) is 31.9 Å². The fourth-order valence-corrected chi connectivity index (χ4v) is 2.75. The molecule has 0 unspecified atom stereocenters. The van der Waals surface area contributed by atoms with Crippen molar-refractivity contribution in [2.75, 3.05) is 13.7 Å². The molecule has 0 radical (unpaired) electrons. The Morgan fingerprint density at radius 3 is 2.31 bits per heavy atom. The van der Waals surface area contributed by atoms with E-state index < -0.39 is 0 Å². The van der Waals surface area contributed by atoms with Crippen molar-refractivity contribution in [3.63, 3.8) is 0 Å². The largest absolute Gasteiger partial charge is 0.493 e. The van der Waals surface area contributed by atoms with E-state index >= 15 is 0 Å². The highest BCUT2D eigenvalue weighted by Gasteiger charge is 2.18. The lowest BCUT2D eigenvalue weighted by Gasteiger charge is -2.19. The Kier molecular flexibility index (Phi) is 7.07. The van der Waals surface area contributed by atoms with Crippen LogP contribution < -0.4 is 14.2 Å². The van der Waals surface area contributed by atoms with Crippen LogP contribution in [0.4, 0.5) is 0 Å². The molecule has 0 aromatic heterocycles. The molecule has 0 spiro atoms. The van der Waals surface area contributed by atoms with Crippen molar-refractivity contribution in [3.05, 3.63) is 46.5 Å². The third kappa shape index (κ3) is 4.57. The van der Waals surface area contributed by atoms with E-state index in [0.717, 1.165) is 48.0 Å². The molecule has 4 heteroatoms. The van der Waals surface area contributed by atoms with Gasteiger partial charge in [0, 0.05) is 5.56 Å². The summed E-state index contributed by atoms with van der Waals surface area (Å²) < 4.78 is 17.7. The standard InChI is InChI=1S/C22H28O4/c1-6-7-8-11-25-22-19(24-5)12-18(14-23)13-20(22)26-21-16(3)10-9-15(2)17(21)4/h9-10,12-14H,6-8,11H2,1-5H3.